The van der Waals surface area contributed by atoms with Gasteiger partial charge in [-0.25, -0.2) is 0 Å². The molecule has 2 rings (SSSR count). The quantitative estimate of drug-likeness (QED) is 0.695. The van der Waals surface area contributed by atoms with E-state index >= 15 is 0 Å². The molecule has 14 heavy (non-hydrogen) atoms. The summed E-state index contributed by atoms with van der Waals surface area (Å²) in [5, 5.41) is 0. The molecule has 0 spiro atoms. The third kappa shape index (κ3) is 1.69. The largest absolute Gasteiger partial charge is 0.376 e. The Hall–Kier alpha value is -0.820. The van der Waals surface area contributed by atoms with Crippen LogP contribution in [0.4, 0.5) is 0 Å². The van der Waals surface area contributed by atoms with E-state index in [2.05, 4.69) is 32.0 Å². The van der Waals surface area contributed by atoms with Crippen LogP contribution in [0.2, 0.25) is 0 Å². The Morgan fingerprint density at radius 3 is 3.07 bits per heavy atom. The number of rotatable bonds is 2. The van der Waals surface area contributed by atoms with Crippen LogP contribution >= 0.6 is 0 Å². The fourth-order valence-electron chi connectivity index (χ4n) is 2.13. The number of hydrogen-bond donors (Lipinski definition) is 0. The number of hydrogen-bond acceptors (Lipinski definition) is 1. The first-order chi connectivity index (χ1) is 6.83. The normalized spacial score (nSPS) is 17.6. The zero-order valence-electron chi connectivity index (χ0n) is 9.05. The number of ether oxygens (including phenoxy) is 1. The average Bonchev–Trinajstić information content (AvgIpc) is 2.27. The zero-order chi connectivity index (χ0) is 9.97. The van der Waals surface area contributed by atoms with Crippen molar-refractivity contribution in [1.29, 1.82) is 0 Å². The average molecular weight is 190 g/mol. The standard InChI is InChI=1S/C13H18O/c1-3-10(2)12-6-4-5-11-9-14-8-7-13(11)12/h4-6,10H,3,7-9H2,1-2H3. The molecule has 0 bridgehead atoms. The summed E-state index contributed by atoms with van der Waals surface area (Å²) in [5.41, 5.74) is 4.48. The van der Waals surface area contributed by atoms with Gasteiger partial charge in [0.15, 0.2) is 0 Å². The Labute approximate surface area is 86.1 Å². The molecule has 1 aromatic carbocycles. The van der Waals surface area contributed by atoms with Crippen LogP contribution in [0, 0.1) is 0 Å². The lowest BCUT2D eigenvalue weighted by atomic mass is 9.89. The van der Waals surface area contributed by atoms with Gasteiger partial charge < -0.3 is 4.74 Å². The van der Waals surface area contributed by atoms with Gasteiger partial charge in [-0.2, -0.15) is 0 Å². The first-order valence-corrected chi connectivity index (χ1v) is 5.51. The second kappa shape index (κ2) is 4.14. The van der Waals surface area contributed by atoms with Crippen molar-refractivity contribution in [3.8, 4) is 0 Å². The van der Waals surface area contributed by atoms with Crippen LogP contribution in [0.15, 0.2) is 18.2 Å². The van der Waals surface area contributed by atoms with Crippen LogP contribution in [0.1, 0.15) is 42.9 Å². The van der Waals surface area contributed by atoms with Crippen LogP contribution in [-0.2, 0) is 17.8 Å². The molecular formula is C13H18O. The van der Waals surface area contributed by atoms with Gasteiger partial charge in [0.05, 0.1) is 13.2 Å². The molecule has 0 radical (unpaired) electrons. The lowest BCUT2D eigenvalue weighted by molar-refractivity contribution is 0.110. The second-order valence-electron chi connectivity index (χ2n) is 4.10. The minimum Gasteiger partial charge on any atom is -0.376 e. The molecule has 1 heteroatoms. The van der Waals surface area contributed by atoms with Crippen molar-refractivity contribution in [2.45, 2.75) is 39.2 Å². The maximum atomic E-state index is 5.46. The van der Waals surface area contributed by atoms with Gasteiger partial charge in [-0.1, -0.05) is 32.0 Å². The highest BCUT2D eigenvalue weighted by molar-refractivity contribution is 5.38. The molecule has 0 amide bonds. The third-order valence-corrected chi connectivity index (χ3v) is 3.21. The molecule has 1 nitrogen and oxygen atoms in total. The topological polar surface area (TPSA) is 9.23 Å². The Morgan fingerprint density at radius 1 is 1.43 bits per heavy atom. The van der Waals surface area contributed by atoms with Gasteiger partial charge in [0.2, 0.25) is 0 Å². The van der Waals surface area contributed by atoms with Crippen molar-refractivity contribution in [2.75, 3.05) is 6.61 Å². The van der Waals surface area contributed by atoms with Crippen molar-refractivity contribution >= 4 is 0 Å². The smallest absolute Gasteiger partial charge is 0.0719 e. The Morgan fingerprint density at radius 2 is 2.29 bits per heavy atom. The molecule has 1 aliphatic heterocycles. The molecule has 0 aromatic heterocycles. The van der Waals surface area contributed by atoms with Crippen LogP contribution in [0.3, 0.4) is 0 Å². The monoisotopic (exact) mass is 190 g/mol. The first kappa shape index (κ1) is 9.72. The lowest BCUT2D eigenvalue weighted by Gasteiger charge is -2.22. The van der Waals surface area contributed by atoms with Crippen molar-refractivity contribution in [1.82, 2.24) is 0 Å². The van der Waals surface area contributed by atoms with Crippen LogP contribution < -0.4 is 0 Å². The van der Waals surface area contributed by atoms with E-state index in [0.29, 0.717) is 5.92 Å². The summed E-state index contributed by atoms with van der Waals surface area (Å²) >= 11 is 0. The summed E-state index contributed by atoms with van der Waals surface area (Å²) in [6.45, 7) is 6.26. The molecule has 0 N–H and O–H groups in total. The summed E-state index contributed by atoms with van der Waals surface area (Å²) in [5.74, 6) is 0.683. The van der Waals surface area contributed by atoms with Gasteiger partial charge in [0, 0.05) is 0 Å². The molecule has 0 aliphatic carbocycles. The Kier molecular flexibility index (Phi) is 2.87. The van der Waals surface area contributed by atoms with E-state index in [0.717, 1.165) is 19.6 Å². The summed E-state index contributed by atoms with van der Waals surface area (Å²) in [6.07, 6.45) is 2.31. The zero-order valence-corrected chi connectivity index (χ0v) is 9.05. The minimum atomic E-state index is 0.683. The molecule has 1 atom stereocenters. The highest BCUT2D eigenvalue weighted by Gasteiger charge is 2.15. The predicted octanol–water partition coefficient (Wildman–Crippen LogP) is 3.27. The minimum absolute atomic E-state index is 0.683. The summed E-state index contributed by atoms with van der Waals surface area (Å²) in [7, 11) is 0. The van der Waals surface area contributed by atoms with E-state index in [-0.39, 0.29) is 0 Å². The van der Waals surface area contributed by atoms with E-state index in [4.69, 9.17) is 4.74 Å². The fourth-order valence-corrected chi connectivity index (χ4v) is 2.13. The fraction of sp³-hybridized carbons (Fsp3) is 0.538. The highest BCUT2D eigenvalue weighted by Crippen LogP contribution is 2.28. The summed E-state index contributed by atoms with van der Waals surface area (Å²) < 4.78 is 5.46. The van der Waals surface area contributed by atoms with E-state index < -0.39 is 0 Å². The van der Waals surface area contributed by atoms with Crippen LogP contribution in [0.5, 0.6) is 0 Å². The van der Waals surface area contributed by atoms with Crippen molar-refractivity contribution < 1.29 is 4.74 Å². The molecule has 0 saturated carbocycles. The predicted molar refractivity (Wildman–Crippen MR) is 58.5 cm³/mol. The third-order valence-electron chi connectivity index (χ3n) is 3.21. The van der Waals surface area contributed by atoms with Crippen LogP contribution in [0.25, 0.3) is 0 Å². The molecule has 1 aromatic rings. The molecule has 76 valence electrons. The summed E-state index contributed by atoms with van der Waals surface area (Å²) in [4.78, 5) is 0. The molecule has 0 fully saturated rings. The molecule has 1 unspecified atom stereocenters. The van der Waals surface area contributed by atoms with E-state index in [9.17, 15) is 0 Å². The summed E-state index contributed by atoms with van der Waals surface area (Å²) in [6, 6.07) is 6.63. The van der Waals surface area contributed by atoms with Gasteiger partial charge in [-0.3, -0.25) is 0 Å². The molecule has 1 aliphatic rings. The van der Waals surface area contributed by atoms with Crippen molar-refractivity contribution in [3.05, 3.63) is 34.9 Å². The lowest BCUT2D eigenvalue weighted by Crippen LogP contribution is -2.13. The second-order valence-corrected chi connectivity index (χ2v) is 4.10. The SMILES string of the molecule is CCC(C)c1cccc2c1CCOC2. The van der Waals surface area contributed by atoms with Gasteiger partial charge >= 0.3 is 0 Å². The molecular weight excluding hydrogens is 172 g/mol. The van der Waals surface area contributed by atoms with E-state index in [1.165, 1.54) is 17.5 Å². The van der Waals surface area contributed by atoms with Crippen molar-refractivity contribution in [3.63, 3.8) is 0 Å². The van der Waals surface area contributed by atoms with Crippen molar-refractivity contribution in [2.24, 2.45) is 0 Å². The van der Waals surface area contributed by atoms with Crippen LogP contribution in [-0.4, -0.2) is 6.61 Å². The number of benzene rings is 1. The maximum Gasteiger partial charge on any atom is 0.0719 e. The van der Waals surface area contributed by atoms with Gasteiger partial charge in [-0.15, -0.1) is 0 Å². The Bertz CT molecular complexity index is 317. The number of fused-ring (bicyclic) bond motifs is 1. The highest BCUT2D eigenvalue weighted by atomic mass is 16.5. The molecule has 0 saturated heterocycles. The maximum absolute atomic E-state index is 5.46. The molecule has 1 heterocycles. The first-order valence-electron chi connectivity index (χ1n) is 5.51. The van der Waals surface area contributed by atoms with Gasteiger partial charge in [0.1, 0.15) is 0 Å². The van der Waals surface area contributed by atoms with Gasteiger partial charge in [-0.05, 0) is 35.4 Å². The van der Waals surface area contributed by atoms with Gasteiger partial charge in [0.25, 0.3) is 0 Å². The van der Waals surface area contributed by atoms with E-state index in [1.807, 2.05) is 0 Å². The van der Waals surface area contributed by atoms with E-state index in [1.54, 1.807) is 5.56 Å². The Balaban J connectivity index is 2.39.